The van der Waals surface area contributed by atoms with Gasteiger partial charge in [-0.05, 0) is 53.6 Å². The fraction of sp³-hybridized carbons (Fsp3) is 0.200. The predicted octanol–water partition coefficient (Wildman–Crippen LogP) is 6.38. The Morgan fingerprint density at radius 3 is 2.60 bits per heavy atom. The summed E-state index contributed by atoms with van der Waals surface area (Å²) in [6.07, 6.45) is 1.60. The van der Waals surface area contributed by atoms with Gasteiger partial charge in [-0.2, -0.15) is 5.26 Å². The van der Waals surface area contributed by atoms with Crippen LogP contribution in [0.15, 0.2) is 60.2 Å². The third-order valence-electron chi connectivity index (χ3n) is 4.60. The number of rotatable bonds is 6. The molecule has 3 rings (SSSR count). The average molecular weight is 419 g/mol. The van der Waals surface area contributed by atoms with Gasteiger partial charge < -0.3 is 10.1 Å². The van der Waals surface area contributed by atoms with Crippen molar-refractivity contribution in [3.8, 4) is 11.8 Å². The van der Waals surface area contributed by atoms with E-state index in [0.29, 0.717) is 23.2 Å². The topological polar surface area (TPSA) is 62.1 Å². The minimum Gasteiger partial charge on any atom is -0.493 e. The van der Waals surface area contributed by atoms with E-state index in [4.69, 9.17) is 16.3 Å². The first-order chi connectivity index (χ1) is 14.4. The van der Waals surface area contributed by atoms with Crippen LogP contribution in [0.2, 0.25) is 5.02 Å². The number of hydrogen-bond donors (Lipinski definition) is 1. The summed E-state index contributed by atoms with van der Waals surface area (Å²) in [7, 11) is 0. The van der Waals surface area contributed by atoms with E-state index in [1.165, 1.54) is 0 Å². The van der Waals surface area contributed by atoms with E-state index >= 15 is 0 Å². The van der Waals surface area contributed by atoms with Gasteiger partial charge in [0, 0.05) is 16.1 Å². The molecule has 1 amide bonds. The SMILES string of the molecule is Cc1ccc(Cl)cc1NC(=O)/C(C#N)=C/c1ccc(OCC(C)C)c2ccccc12. The van der Waals surface area contributed by atoms with E-state index in [0.717, 1.165) is 27.6 Å². The Labute approximate surface area is 181 Å². The van der Waals surface area contributed by atoms with Crippen LogP contribution in [-0.2, 0) is 4.79 Å². The minimum absolute atomic E-state index is 0.00961. The molecule has 30 heavy (non-hydrogen) atoms. The zero-order valence-corrected chi connectivity index (χ0v) is 18.0. The van der Waals surface area contributed by atoms with Gasteiger partial charge in [0.1, 0.15) is 17.4 Å². The van der Waals surface area contributed by atoms with Crippen LogP contribution in [0, 0.1) is 24.2 Å². The summed E-state index contributed by atoms with van der Waals surface area (Å²) in [5.41, 5.74) is 2.23. The Kier molecular flexibility index (Phi) is 6.76. The first-order valence-corrected chi connectivity index (χ1v) is 10.1. The molecule has 0 aliphatic carbocycles. The normalized spacial score (nSPS) is 11.4. The summed E-state index contributed by atoms with van der Waals surface area (Å²) in [5, 5.41) is 14.7. The standard InChI is InChI=1S/C25H23ClN2O2/c1-16(2)15-30-24-11-9-18(21-6-4-5-7-22(21)24)12-19(14-27)25(29)28-23-13-20(26)10-8-17(23)3/h4-13,16H,15H2,1-3H3,(H,28,29)/b19-12+. The second kappa shape index (κ2) is 9.47. The molecule has 1 N–H and O–H groups in total. The van der Waals surface area contributed by atoms with Gasteiger partial charge in [-0.3, -0.25) is 4.79 Å². The molecule has 0 saturated heterocycles. The third-order valence-corrected chi connectivity index (χ3v) is 4.84. The third kappa shape index (κ3) is 5.00. The Hall–Kier alpha value is -3.29. The first-order valence-electron chi connectivity index (χ1n) is 9.73. The number of benzene rings is 3. The molecule has 152 valence electrons. The maximum atomic E-state index is 12.7. The number of ether oxygens (including phenoxy) is 1. The largest absolute Gasteiger partial charge is 0.493 e. The average Bonchev–Trinajstić information content (AvgIpc) is 2.73. The Morgan fingerprint density at radius 1 is 1.17 bits per heavy atom. The van der Waals surface area contributed by atoms with Crippen molar-refractivity contribution in [3.05, 3.63) is 76.3 Å². The Bertz CT molecular complexity index is 1160. The van der Waals surface area contributed by atoms with E-state index in [1.807, 2.05) is 55.5 Å². The van der Waals surface area contributed by atoms with Crippen LogP contribution in [0.5, 0.6) is 5.75 Å². The number of carbonyl (C=O) groups is 1. The molecule has 0 saturated carbocycles. The molecule has 0 heterocycles. The number of aryl methyl sites for hydroxylation is 1. The molecule has 5 heteroatoms. The van der Waals surface area contributed by atoms with Crippen molar-refractivity contribution in [2.24, 2.45) is 5.92 Å². The van der Waals surface area contributed by atoms with Gasteiger partial charge in [0.15, 0.2) is 0 Å². The van der Waals surface area contributed by atoms with Crippen molar-refractivity contribution in [1.29, 1.82) is 5.26 Å². The molecule has 0 aliphatic heterocycles. The van der Waals surface area contributed by atoms with E-state index in [-0.39, 0.29) is 5.57 Å². The second-order valence-corrected chi connectivity index (χ2v) is 7.92. The van der Waals surface area contributed by atoms with Gasteiger partial charge in [0.2, 0.25) is 0 Å². The number of amides is 1. The second-order valence-electron chi connectivity index (χ2n) is 7.49. The lowest BCUT2D eigenvalue weighted by molar-refractivity contribution is -0.112. The highest BCUT2D eigenvalue weighted by Gasteiger charge is 2.13. The molecular formula is C25H23ClN2O2. The van der Waals surface area contributed by atoms with Crippen LogP contribution in [0.1, 0.15) is 25.0 Å². The maximum absolute atomic E-state index is 12.7. The van der Waals surface area contributed by atoms with Crippen LogP contribution in [0.4, 0.5) is 5.69 Å². The first kappa shape index (κ1) is 21.4. The maximum Gasteiger partial charge on any atom is 0.266 e. The van der Waals surface area contributed by atoms with Crippen LogP contribution in [0.3, 0.4) is 0 Å². The van der Waals surface area contributed by atoms with Gasteiger partial charge in [0.05, 0.1) is 6.61 Å². The zero-order valence-electron chi connectivity index (χ0n) is 17.2. The number of nitriles is 1. The fourth-order valence-electron chi connectivity index (χ4n) is 3.03. The summed E-state index contributed by atoms with van der Waals surface area (Å²) in [5.74, 6) is 0.716. The molecule has 3 aromatic rings. The minimum atomic E-state index is -0.480. The van der Waals surface area contributed by atoms with Crippen molar-refractivity contribution < 1.29 is 9.53 Å². The summed E-state index contributed by atoms with van der Waals surface area (Å²) in [4.78, 5) is 12.7. The molecule has 0 radical (unpaired) electrons. The van der Waals surface area contributed by atoms with Crippen LogP contribution in [0.25, 0.3) is 16.8 Å². The lowest BCUT2D eigenvalue weighted by Gasteiger charge is -2.13. The summed E-state index contributed by atoms with van der Waals surface area (Å²) in [6, 6.07) is 18.8. The number of anilines is 1. The highest BCUT2D eigenvalue weighted by Crippen LogP contribution is 2.30. The Morgan fingerprint density at radius 2 is 1.90 bits per heavy atom. The molecule has 0 fully saturated rings. The quantitative estimate of drug-likeness (QED) is 0.373. The smallest absolute Gasteiger partial charge is 0.266 e. The predicted molar refractivity (Wildman–Crippen MR) is 123 cm³/mol. The number of carbonyl (C=O) groups excluding carboxylic acids is 1. The molecule has 3 aromatic carbocycles. The van der Waals surface area contributed by atoms with Gasteiger partial charge in [-0.15, -0.1) is 0 Å². The molecule has 0 aromatic heterocycles. The highest BCUT2D eigenvalue weighted by molar-refractivity contribution is 6.31. The highest BCUT2D eigenvalue weighted by atomic mass is 35.5. The molecule has 0 aliphatic rings. The van der Waals surface area contributed by atoms with Gasteiger partial charge in [-0.25, -0.2) is 0 Å². The van der Waals surface area contributed by atoms with Gasteiger partial charge >= 0.3 is 0 Å². The lowest BCUT2D eigenvalue weighted by Crippen LogP contribution is -2.14. The lowest BCUT2D eigenvalue weighted by atomic mass is 10.0. The monoisotopic (exact) mass is 418 g/mol. The summed E-state index contributed by atoms with van der Waals surface area (Å²) in [6.45, 7) is 6.67. The van der Waals surface area contributed by atoms with Crippen LogP contribution < -0.4 is 10.1 Å². The van der Waals surface area contributed by atoms with Gasteiger partial charge in [-0.1, -0.05) is 61.8 Å². The van der Waals surface area contributed by atoms with Crippen molar-refractivity contribution in [2.45, 2.75) is 20.8 Å². The summed E-state index contributed by atoms with van der Waals surface area (Å²) >= 11 is 6.03. The number of fused-ring (bicyclic) bond motifs is 1. The van der Waals surface area contributed by atoms with Crippen LogP contribution >= 0.6 is 11.6 Å². The molecule has 4 nitrogen and oxygen atoms in total. The van der Waals surface area contributed by atoms with Crippen molar-refractivity contribution in [3.63, 3.8) is 0 Å². The number of nitrogens with one attached hydrogen (secondary N) is 1. The van der Waals surface area contributed by atoms with Crippen LogP contribution in [-0.4, -0.2) is 12.5 Å². The van der Waals surface area contributed by atoms with E-state index < -0.39 is 5.91 Å². The number of halogens is 1. The zero-order chi connectivity index (χ0) is 21.7. The number of hydrogen-bond acceptors (Lipinski definition) is 3. The van der Waals surface area contributed by atoms with Crippen molar-refractivity contribution in [1.82, 2.24) is 0 Å². The van der Waals surface area contributed by atoms with E-state index in [9.17, 15) is 10.1 Å². The van der Waals surface area contributed by atoms with Gasteiger partial charge in [0.25, 0.3) is 5.91 Å². The molecule has 0 bridgehead atoms. The Balaban J connectivity index is 1.96. The fourth-order valence-corrected chi connectivity index (χ4v) is 3.20. The van der Waals surface area contributed by atoms with E-state index in [1.54, 1.807) is 18.2 Å². The molecule has 0 atom stereocenters. The van der Waals surface area contributed by atoms with Crippen molar-refractivity contribution in [2.75, 3.05) is 11.9 Å². The van der Waals surface area contributed by atoms with E-state index in [2.05, 4.69) is 19.2 Å². The number of nitrogens with zero attached hydrogens (tertiary/aromatic N) is 1. The summed E-state index contributed by atoms with van der Waals surface area (Å²) < 4.78 is 5.94. The van der Waals surface area contributed by atoms with Crippen molar-refractivity contribution >= 4 is 40.0 Å². The molecule has 0 spiro atoms. The molecular weight excluding hydrogens is 396 g/mol. The molecule has 0 unspecified atom stereocenters.